The molecular weight excluding hydrogens is 461 g/mol. The highest BCUT2D eigenvalue weighted by atomic mass is 32.2. The lowest BCUT2D eigenvalue weighted by molar-refractivity contribution is -0.276. The number of hydrogen-bond donors (Lipinski definition) is 0. The van der Waals surface area contributed by atoms with Gasteiger partial charge >= 0.3 is 18.1 Å². The number of anilines is 1. The van der Waals surface area contributed by atoms with Gasteiger partial charge in [-0.25, -0.2) is 4.79 Å². The lowest BCUT2D eigenvalue weighted by atomic mass is 9.87. The number of halogens is 5. The summed E-state index contributed by atoms with van der Waals surface area (Å²) in [5, 5.41) is -0.170. The second kappa shape index (κ2) is 9.32. The molecule has 33 heavy (non-hydrogen) atoms. The van der Waals surface area contributed by atoms with Crippen molar-refractivity contribution >= 4 is 28.6 Å². The number of nitrogens with zero attached hydrogens (tertiary/aromatic N) is 3. The van der Waals surface area contributed by atoms with Crippen molar-refractivity contribution in [3.05, 3.63) is 65.7 Å². The van der Waals surface area contributed by atoms with E-state index < -0.39 is 24.7 Å². The molecule has 1 saturated heterocycles. The number of amidine groups is 1. The minimum Gasteiger partial charge on any atom is -0.284 e. The number of para-hydroxylation sites is 1. The van der Waals surface area contributed by atoms with Gasteiger partial charge in [0.1, 0.15) is 6.54 Å². The molecule has 3 rings (SSSR count). The highest BCUT2D eigenvalue weighted by molar-refractivity contribution is 8.14. The van der Waals surface area contributed by atoms with Gasteiger partial charge in [-0.3, -0.25) is 14.8 Å². The van der Waals surface area contributed by atoms with Gasteiger partial charge in [0.05, 0.1) is 12.4 Å². The summed E-state index contributed by atoms with van der Waals surface area (Å²) in [4.78, 5) is 19.3. The van der Waals surface area contributed by atoms with E-state index in [1.54, 1.807) is 30.3 Å². The van der Waals surface area contributed by atoms with Gasteiger partial charge in [0.15, 0.2) is 5.17 Å². The fourth-order valence-corrected chi connectivity index (χ4v) is 4.05. The van der Waals surface area contributed by atoms with Gasteiger partial charge in [-0.2, -0.15) is 22.0 Å². The third-order valence-corrected chi connectivity index (χ3v) is 6.07. The molecule has 0 N–H and O–H groups in total. The zero-order valence-corrected chi connectivity index (χ0v) is 19.2. The number of rotatable bonds is 5. The molecule has 0 saturated carbocycles. The van der Waals surface area contributed by atoms with Crippen LogP contribution in [0.25, 0.3) is 0 Å². The van der Waals surface area contributed by atoms with E-state index in [1.807, 2.05) is 24.3 Å². The predicted molar refractivity (Wildman–Crippen MR) is 121 cm³/mol. The average molecular weight is 486 g/mol. The van der Waals surface area contributed by atoms with Gasteiger partial charge < -0.3 is 0 Å². The standard InChI is InChI=1S/C23H24F5N3OS/c1-21(2,3)17-11-9-16(10-12-17)13-30-19(29-14-22(24,25)23(26,27)28)33-15-31(20(30)32)18-7-5-4-6-8-18/h4-12H,13-15H2,1-3H3. The van der Waals surface area contributed by atoms with Gasteiger partial charge in [-0.1, -0.05) is 75.0 Å². The van der Waals surface area contributed by atoms with E-state index in [0.717, 1.165) is 22.2 Å². The van der Waals surface area contributed by atoms with Crippen molar-refractivity contribution in [2.24, 2.45) is 4.99 Å². The number of carbonyl (C=O) groups excluding carboxylic acids is 1. The zero-order chi connectivity index (χ0) is 24.4. The normalized spacial score (nSPS) is 17.1. The fraction of sp³-hybridized carbons (Fsp3) is 0.391. The molecule has 178 valence electrons. The summed E-state index contributed by atoms with van der Waals surface area (Å²) in [6.45, 7) is 4.36. The van der Waals surface area contributed by atoms with Crippen LogP contribution in [-0.4, -0.2) is 40.6 Å². The van der Waals surface area contributed by atoms with Crippen molar-refractivity contribution in [1.82, 2.24) is 4.90 Å². The van der Waals surface area contributed by atoms with Crippen LogP contribution in [0.5, 0.6) is 0 Å². The Morgan fingerprint density at radius 3 is 2.09 bits per heavy atom. The third kappa shape index (κ3) is 5.85. The predicted octanol–water partition coefficient (Wildman–Crippen LogP) is 6.67. The molecule has 4 nitrogen and oxygen atoms in total. The molecule has 0 atom stereocenters. The number of hydrogen-bond acceptors (Lipinski definition) is 3. The molecule has 1 heterocycles. The van der Waals surface area contributed by atoms with Crippen LogP contribution >= 0.6 is 11.8 Å². The van der Waals surface area contributed by atoms with Gasteiger partial charge in [-0.15, -0.1) is 0 Å². The van der Waals surface area contributed by atoms with E-state index in [1.165, 1.54) is 4.90 Å². The molecule has 2 aromatic rings. The summed E-state index contributed by atoms with van der Waals surface area (Å²) in [7, 11) is 0. The van der Waals surface area contributed by atoms with Crippen molar-refractivity contribution in [2.45, 2.75) is 44.8 Å². The molecular formula is C23H24F5N3OS. The molecule has 10 heteroatoms. The van der Waals surface area contributed by atoms with E-state index in [-0.39, 0.29) is 23.0 Å². The van der Waals surface area contributed by atoms with E-state index in [2.05, 4.69) is 25.8 Å². The Labute approximate surface area is 193 Å². The van der Waals surface area contributed by atoms with Crippen LogP contribution in [0.4, 0.5) is 32.4 Å². The molecule has 0 unspecified atom stereocenters. The van der Waals surface area contributed by atoms with Gasteiger partial charge in [0.25, 0.3) is 0 Å². The van der Waals surface area contributed by atoms with Crippen LogP contribution in [0.15, 0.2) is 59.6 Å². The number of urea groups is 1. The van der Waals surface area contributed by atoms with Crippen molar-refractivity contribution in [2.75, 3.05) is 17.3 Å². The Hall–Kier alpha value is -2.62. The Bertz CT molecular complexity index is 1000. The Kier molecular flexibility index (Phi) is 7.07. The van der Waals surface area contributed by atoms with Crippen LogP contribution in [0.1, 0.15) is 31.9 Å². The number of alkyl halides is 5. The highest BCUT2D eigenvalue weighted by Crippen LogP contribution is 2.36. The number of carbonyl (C=O) groups is 1. The van der Waals surface area contributed by atoms with E-state index in [4.69, 9.17) is 0 Å². The first-order valence-electron chi connectivity index (χ1n) is 10.1. The first-order valence-corrected chi connectivity index (χ1v) is 11.1. The SMILES string of the molecule is CC(C)(C)c1ccc(CN2C(=O)N(c3ccccc3)CSC2=NCC(F)(F)C(F)(F)F)cc1. The smallest absolute Gasteiger partial charge is 0.284 e. The Morgan fingerprint density at radius 1 is 0.939 bits per heavy atom. The summed E-state index contributed by atoms with van der Waals surface area (Å²) in [6.07, 6.45) is -5.72. The molecule has 0 spiro atoms. The van der Waals surface area contributed by atoms with Crippen LogP contribution in [0.3, 0.4) is 0 Å². The van der Waals surface area contributed by atoms with Gasteiger partial charge in [0.2, 0.25) is 0 Å². The lowest BCUT2D eigenvalue weighted by Gasteiger charge is -2.36. The van der Waals surface area contributed by atoms with Crippen molar-refractivity contribution < 1.29 is 26.7 Å². The van der Waals surface area contributed by atoms with Crippen molar-refractivity contribution in [3.8, 4) is 0 Å². The summed E-state index contributed by atoms with van der Waals surface area (Å²) < 4.78 is 64.8. The summed E-state index contributed by atoms with van der Waals surface area (Å²) in [5.41, 5.74) is 2.26. The van der Waals surface area contributed by atoms with Gasteiger partial charge in [-0.05, 0) is 28.7 Å². The van der Waals surface area contributed by atoms with Crippen LogP contribution in [0, 0.1) is 0 Å². The lowest BCUT2D eigenvalue weighted by Crippen LogP contribution is -2.50. The Balaban J connectivity index is 1.90. The fourth-order valence-electron chi connectivity index (χ4n) is 3.09. The zero-order valence-electron chi connectivity index (χ0n) is 18.4. The maximum atomic E-state index is 13.5. The van der Waals surface area contributed by atoms with Gasteiger partial charge in [0, 0.05) is 5.69 Å². The number of benzene rings is 2. The molecule has 2 amide bonds. The summed E-state index contributed by atoms with van der Waals surface area (Å²) in [5.74, 6) is -4.95. The average Bonchev–Trinajstić information content (AvgIpc) is 2.74. The van der Waals surface area contributed by atoms with Crippen molar-refractivity contribution in [1.29, 1.82) is 0 Å². The molecule has 2 aromatic carbocycles. The van der Waals surface area contributed by atoms with E-state index in [0.29, 0.717) is 11.3 Å². The maximum absolute atomic E-state index is 13.5. The molecule has 1 fully saturated rings. The minimum absolute atomic E-state index is 0.0178. The van der Waals surface area contributed by atoms with E-state index >= 15 is 0 Å². The third-order valence-electron chi connectivity index (χ3n) is 5.07. The maximum Gasteiger partial charge on any atom is 0.455 e. The highest BCUT2D eigenvalue weighted by Gasteiger charge is 2.57. The second-order valence-corrected chi connectivity index (χ2v) is 9.57. The second-order valence-electron chi connectivity index (χ2n) is 8.65. The summed E-state index contributed by atoms with van der Waals surface area (Å²) in [6, 6.07) is 15.6. The Morgan fingerprint density at radius 2 is 1.55 bits per heavy atom. The van der Waals surface area contributed by atoms with Crippen LogP contribution in [0.2, 0.25) is 0 Å². The molecule has 1 aliphatic rings. The first-order chi connectivity index (χ1) is 15.3. The molecule has 0 bridgehead atoms. The van der Waals surface area contributed by atoms with Crippen molar-refractivity contribution in [3.63, 3.8) is 0 Å². The van der Waals surface area contributed by atoms with Crippen LogP contribution < -0.4 is 4.90 Å². The number of amides is 2. The summed E-state index contributed by atoms with van der Waals surface area (Å²) >= 11 is 0.936. The first kappa shape index (κ1) is 25.0. The molecule has 0 aliphatic carbocycles. The monoisotopic (exact) mass is 485 g/mol. The number of thioether (sulfide) groups is 1. The molecule has 0 aromatic heterocycles. The quantitative estimate of drug-likeness (QED) is 0.444. The molecule has 0 radical (unpaired) electrons. The minimum atomic E-state index is -5.72. The van der Waals surface area contributed by atoms with Crippen LogP contribution in [-0.2, 0) is 12.0 Å². The molecule has 1 aliphatic heterocycles. The number of aliphatic imine (C=N–C) groups is 1. The van der Waals surface area contributed by atoms with E-state index in [9.17, 15) is 26.7 Å². The largest absolute Gasteiger partial charge is 0.455 e. The topological polar surface area (TPSA) is 35.9 Å².